The number of nitrogens with zero attached hydrogens (tertiary/aromatic N) is 4. The smallest absolute Gasteiger partial charge is 0.165 e. The lowest BCUT2D eigenvalue weighted by atomic mass is 9.92. The number of hydrogen-bond acceptors (Lipinski definition) is 4. The fraction of sp³-hybridized carbons (Fsp3) is 0.429. The van der Waals surface area contributed by atoms with Crippen LogP contribution in [0.15, 0.2) is 30.3 Å². The molecule has 0 saturated carbocycles. The van der Waals surface area contributed by atoms with Gasteiger partial charge in [0, 0.05) is 35.2 Å². The molecule has 0 aliphatic heterocycles. The van der Waals surface area contributed by atoms with Gasteiger partial charge in [-0.15, -0.1) is 0 Å². The zero-order valence-electron chi connectivity index (χ0n) is 17.0. The Morgan fingerprint density at radius 2 is 1.81 bits per heavy atom. The lowest BCUT2D eigenvalue weighted by Gasteiger charge is -2.20. The number of likely N-dealkylation sites (N-methyl/N-ethyl adjacent to an activating group) is 1. The summed E-state index contributed by atoms with van der Waals surface area (Å²) >= 11 is 6.07. The van der Waals surface area contributed by atoms with Crippen molar-refractivity contribution in [3.63, 3.8) is 0 Å². The summed E-state index contributed by atoms with van der Waals surface area (Å²) in [6, 6.07) is 9.97. The van der Waals surface area contributed by atoms with Gasteiger partial charge in [-0.1, -0.05) is 44.5 Å². The van der Waals surface area contributed by atoms with Crippen molar-refractivity contribution in [2.24, 2.45) is 0 Å². The second kappa shape index (κ2) is 7.49. The van der Waals surface area contributed by atoms with Crippen LogP contribution in [-0.4, -0.2) is 46.7 Å². The van der Waals surface area contributed by atoms with Gasteiger partial charge in [0.05, 0.1) is 11.4 Å². The van der Waals surface area contributed by atoms with E-state index in [9.17, 15) is 0 Å². The molecule has 27 heavy (non-hydrogen) atoms. The van der Waals surface area contributed by atoms with Crippen molar-refractivity contribution in [2.45, 2.75) is 33.1 Å². The van der Waals surface area contributed by atoms with Crippen molar-refractivity contribution in [1.82, 2.24) is 19.5 Å². The SMILES string of the molecule is Cc1nn2c(NCCN(C)C)cc(C(C)(C)C)nc2c1-c1ccc(Cl)cc1. The molecule has 2 aromatic heterocycles. The number of halogens is 1. The van der Waals surface area contributed by atoms with Crippen molar-refractivity contribution >= 4 is 23.1 Å². The minimum absolute atomic E-state index is 0.0603. The lowest BCUT2D eigenvalue weighted by molar-refractivity contribution is 0.425. The first-order chi connectivity index (χ1) is 12.7. The molecule has 0 saturated heterocycles. The highest BCUT2D eigenvalue weighted by Gasteiger charge is 2.22. The van der Waals surface area contributed by atoms with E-state index in [1.165, 1.54) is 0 Å². The van der Waals surface area contributed by atoms with Gasteiger partial charge in [-0.2, -0.15) is 9.61 Å². The average Bonchev–Trinajstić information content (AvgIpc) is 2.91. The Morgan fingerprint density at radius 1 is 1.15 bits per heavy atom. The number of rotatable bonds is 5. The van der Waals surface area contributed by atoms with Gasteiger partial charge in [-0.25, -0.2) is 4.98 Å². The van der Waals surface area contributed by atoms with Crippen LogP contribution in [0, 0.1) is 6.92 Å². The van der Waals surface area contributed by atoms with Crippen LogP contribution in [0.4, 0.5) is 5.82 Å². The first kappa shape index (κ1) is 19.6. The molecule has 0 aliphatic rings. The van der Waals surface area contributed by atoms with Crippen LogP contribution in [-0.2, 0) is 5.41 Å². The van der Waals surface area contributed by atoms with E-state index in [0.717, 1.165) is 52.1 Å². The van der Waals surface area contributed by atoms with Crippen LogP contribution < -0.4 is 5.32 Å². The molecule has 3 rings (SSSR count). The Morgan fingerprint density at radius 3 is 2.41 bits per heavy atom. The molecule has 2 heterocycles. The van der Waals surface area contributed by atoms with E-state index >= 15 is 0 Å². The largest absolute Gasteiger partial charge is 0.369 e. The lowest BCUT2D eigenvalue weighted by Crippen LogP contribution is -2.22. The van der Waals surface area contributed by atoms with Gasteiger partial charge in [-0.3, -0.25) is 0 Å². The van der Waals surface area contributed by atoms with Gasteiger partial charge >= 0.3 is 0 Å². The van der Waals surface area contributed by atoms with E-state index < -0.39 is 0 Å². The molecular formula is C21H28ClN5. The quantitative estimate of drug-likeness (QED) is 0.695. The zero-order valence-corrected chi connectivity index (χ0v) is 17.7. The van der Waals surface area contributed by atoms with E-state index in [1.54, 1.807) is 0 Å². The van der Waals surface area contributed by atoms with E-state index in [2.05, 4.69) is 51.1 Å². The molecule has 0 aliphatic carbocycles. The summed E-state index contributed by atoms with van der Waals surface area (Å²) in [4.78, 5) is 7.14. The highest BCUT2D eigenvalue weighted by atomic mass is 35.5. The number of fused-ring (bicyclic) bond motifs is 1. The Kier molecular flexibility index (Phi) is 5.45. The third-order valence-corrected chi connectivity index (χ3v) is 4.78. The van der Waals surface area contributed by atoms with E-state index in [0.29, 0.717) is 0 Å². The second-order valence-corrected chi connectivity index (χ2v) is 8.65. The number of aromatic nitrogens is 3. The van der Waals surface area contributed by atoms with Crippen LogP contribution in [0.2, 0.25) is 5.02 Å². The van der Waals surface area contributed by atoms with Crippen LogP contribution >= 0.6 is 11.6 Å². The van der Waals surface area contributed by atoms with Crippen LogP contribution in [0.5, 0.6) is 0 Å². The molecule has 5 nitrogen and oxygen atoms in total. The molecule has 0 fully saturated rings. The second-order valence-electron chi connectivity index (χ2n) is 8.21. The molecule has 0 radical (unpaired) electrons. The predicted molar refractivity (Wildman–Crippen MR) is 114 cm³/mol. The highest BCUT2D eigenvalue weighted by Crippen LogP contribution is 2.32. The van der Waals surface area contributed by atoms with Crippen molar-refractivity contribution in [1.29, 1.82) is 0 Å². The summed E-state index contributed by atoms with van der Waals surface area (Å²) < 4.78 is 1.92. The monoisotopic (exact) mass is 385 g/mol. The van der Waals surface area contributed by atoms with Gasteiger partial charge < -0.3 is 10.2 Å². The normalized spacial score (nSPS) is 12.1. The third-order valence-electron chi connectivity index (χ3n) is 4.53. The van der Waals surface area contributed by atoms with Gasteiger partial charge in [0.25, 0.3) is 0 Å². The van der Waals surface area contributed by atoms with Crippen molar-refractivity contribution in [3.8, 4) is 11.1 Å². The fourth-order valence-electron chi connectivity index (χ4n) is 3.00. The van der Waals surface area contributed by atoms with Gasteiger partial charge in [0.2, 0.25) is 0 Å². The standard InChI is InChI=1S/C21H28ClN5/c1-14-19(15-7-9-16(22)10-8-15)20-24-17(21(2,3)4)13-18(27(20)25-14)23-11-12-26(5)6/h7-10,13,23H,11-12H2,1-6H3. The summed E-state index contributed by atoms with van der Waals surface area (Å²) in [6.45, 7) is 10.4. The number of anilines is 1. The van der Waals surface area contributed by atoms with Crippen LogP contribution in [0.25, 0.3) is 16.8 Å². The van der Waals surface area contributed by atoms with Crippen molar-refractivity contribution in [3.05, 3.63) is 46.7 Å². The predicted octanol–water partition coefficient (Wildman–Crippen LogP) is 4.63. The van der Waals surface area contributed by atoms with E-state index in [1.807, 2.05) is 35.7 Å². The number of benzene rings is 1. The Labute approximate surface area is 166 Å². The summed E-state index contributed by atoms with van der Waals surface area (Å²) in [6.07, 6.45) is 0. The molecule has 0 unspecified atom stereocenters. The van der Waals surface area contributed by atoms with Crippen LogP contribution in [0.1, 0.15) is 32.2 Å². The molecule has 1 N–H and O–H groups in total. The summed E-state index contributed by atoms with van der Waals surface area (Å²) in [5, 5.41) is 9.03. The maximum atomic E-state index is 6.07. The first-order valence-corrected chi connectivity index (χ1v) is 9.60. The maximum absolute atomic E-state index is 6.07. The maximum Gasteiger partial charge on any atom is 0.165 e. The molecule has 0 atom stereocenters. The Hall–Kier alpha value is -2.11. The molecule has 1 aromatic carbocycles. The minimum Gasteiger partial charge on any atom is -0.369 e. The van der Waals surface area contributed by atoms with E-state index in [-0.39, 0.29) is 5.41 Å². The number of hydrogen-bond donors (Lipinski definition) is 1. The van der Waals surface area contributed by atoms with Gasteiger partial charge in [-0.05, 0) is 38.7 Å². The average molecular weight is 386 g/mol. The third kappa shape index (κ3) is 4.25. The highest BCUT2D eigenvalue weighted by molar-refractivity contribution is 6.30. The zero-order chi connectivity index (χ0) is 19.8. The van der Waals surface area contributed by atoms with Crippen molar-refractivity contribution < 1.29 is 0 Å². The number of nitrogens with one attached hydrogen (secondary N) is 1. The summed E-state index contributed by atoms with van der Waals surface area (Å²) in [5.74, 6) is 0.968. The van der Waals surface area contributed by atoms with Crippen LogP contribution in [0.3, 0.4) is 0 Å². The Balaban J connectivity index is 2.17. The van der Waals surface area contributed by atoms with Crippen molar-refractivity contribution in [2.75, 3.05) is 32.5 Å². The minimum atomic E-state index is -0.0603. The molecule has 6 heteroatoms. The van der Waals surface area contributed by atoms with Gasteiger partial charge in [0.1, 0.15) is 5.82 Å². The fourth-order valence-corrected chi connectivity index (χ4v) is 3.12. The van der Waals surface area contributed by atoms with E-state index in [4.69, 9.17) is 21.7 Å². The number of aryl methyl sites for hydroxylation is 1. The topological polar surface area (TPSA) is 45.5 Å². The van der Waals surface area contributed by atoms with Gasteiger partial charge in [0.15, 0.2) is 5.65 Å². The molecule has 0 amide bonds. The molecule has 3 aromatic rings. The molecular weight excluding hydrogens is 358 g/mol. The summed E-state index contributed by atoms with van der Waals surface area (Å²) in [7, 11) is 4.14. The summed E-state index contributed by atoms with van der Waals surface area (Å²) in [5.41, 5.74) is 4.92. The molecule has 0 bridgehead atoms. The molecule has 0 spiro atoms. The Bertz CT molecular complexity index is 936. The molecule has 144 valence electrons. The first-order valence-electron chi connectivity index (χ1n) is 9.22.